The van der Waals surface area contributed by atoms with E-state index in [1.165, 1.54) is 10.5 Å². The van der Waals surface area contributed by atoms with E-state index in [9.17, 15) is 4.79 Å². The van der Waals surface area contributed by atoms with Crippen LogP contribution in [0.5, 0.6) is 0 Å². The molecule has 0 N–H and O–H groups in total. The fourth-order valence-corrected chi connectivity index (χ4v) is 2.99. The van der Waals surface area contributed by atoms with Gasteiger partial charge in [0.15, 0.2) is 0 Å². The number of benzene rings is 2. The van der Waals surface area contributed by atoms with Crippen LogP contribution in [0, 0.1) is 11.3 Å². The van der Waals surface area contributed by atoms with Gasteiger partial charge in [-0.25, -0.2) is 0 Å². The summed E-state index contributed by atoms with van der Waals surface area (Å²) in [6.07, 6.45) is 2.37. The molecule has 5 heteroatoms. The van der Waals surface area contributed by atoms with Crippen LogP contribution in [0.1, 0.15) is 12.0 Å². The maximum absolute atomic E-state index is 12.7. The molecule has 0 aliphatic carbocycles. The second kappa shape index (κ2) is 9.87. The smallest absolute Gasteiger partial charge is 0.241 e. The number of likely N-dealkylation sites (N-methyl/N-ethyl adjacent to an activating group) is 1. The fourth-order valence-electron chi connectivity index (χ4n) is 2.58. The van der Waals surface area contributed by atoms with Crippen molar-refractivity contribution in [3.05, 3.63) is 60.2 Å². The van der Waals surface area contributed by atoms with E-state index in [4.69, 9.17) is 5.26 Å². The van der Waals surface area contributed by atoms with Crippen molar-refractivity contribution in [3.8, 4) is 6.07 Å². The number of hydrogen-bond acceptors (Lipinski definition) is 4. The summed E-state index contributed by atoms with van der Waals surface area (Å²) in [5.74, 6) is 0.00434. The van der Waals surface area contributed by atoms with Crippen molar-refractivity contribution in [2.75, 3.05) is 31.3 Å². The average molecular weight is 353 g/mol. The van der Waals surface area contributed by atoms with Crippen LogP contribution in [0.25, 0.3) is 0 Å². The molecular formula is C20H23N3OS. The van der Waals surface area contributed by atoms with E-state index >= 15 is 0 Å². The Morgan fingerprint density at radius 1 is 1.12 bits per heavy atom. The van der Waals surface area contributed by atoms with Gasteiger partial charge in [0.2, 0.25) is 5.91 Å². The summed E-state index contributed by atoms with van der Waals surface area (Å²) in [7, 11) is 1.94. The molecule has 0 aromatic heterocycles. The number of para-hydroxylation sites is 1. The van der Waals surface area contributed by atoms with E-state index in [1.807, 2.05) is 42.3 Å². The van der Waals surface area contributed by atoms with Gasteiger partial charge in [0.05, 0.1) is 19.0 Å². The minimum Gasteiger partial charge on any atom is -0.310 e. The normalized spacial score (nSPS) is 10.5. The van der Waals surface area contributed by atoms with E-state index in [2.05, 4.69) is 36.6 Å². The summed E-state index contributed by atoms with van der Waals surface area (Å²) in [6.45, 7) is 1.43. The predicted octanol–water partition coefficient (Wildman–Crippen LogP) is 3.79. The van der Waals surface area contributed by atoms with Crippen LogP contribution < -0.4 is 4.90 Å². The molecule has 0 atom stereocenters. The minimum absolute atomic E-state index is 0.00434. The number of nitrogens with zero attached hydrogens (tertiary/aromatic N) is 3. The SMILES string of the molecule is CSc1ccc(CN(C)CC(=O)N(CCC#N)c2ccccc2)cc1. The van der Waals surface area contributed by atoms with E-state index in [1.54, 1.807) is 16.7 Å². The Balaban J connectivity index is 1.99. The van der Waals surface area contributed by atoms with Crippen LogP contribution in [0.2, 0.25) is 0 Å². The summed E-state index contributed by atoms with van der Waals surface area (Å²) in [4.78, 5) is 17.6. The molecule has 0 heterocycles. The van der Waals surface area contributed by atoms with Crippen molar-refractivity contribution in [1.29, 1.82) is 5.26 Å². The molecule has 25 heavy (non-hydrogen) atoms. The number of amides is 1. The maximum Gasteiger partial charge on any atom is 0.241 e. The molecule has 1 amide bonds. The first-order valence-electron chi connectivity index (χ1n) is 8.18. The Kier molecular flexibility index (Phi) is 7.52. The highest BCUT2D eigenvalue weighted by atomic mass is 32.2. The first-order chi connectivity index (χ1) is 12.1. The van der Waals surface area contributed by atoms with Crippen molar-refractivity contribution in [1.82, 2.24) is 4.90 Å². The molecule has 0 saturated heterocycles. The Morgan fingerprint density at radius 2 is 1.80 bits per heavy atom. The van der Waals surface area contributed by atoms with Crippen molar-refractivity contribution in [2.45, 2.75) is 17.9 Å². The third-order valence-corrected chi connectivity index (χ3v) is 4.58. The Labute approximate surface area is 154 Å². The third-order valence-electron chi connectivity index (χ3n) is 3.83. The summed E-state index contributed by atoms with van der Waals surface area (Å²) in [6, 6.07) is 20.0. The highest BCUT2D eigenvalue weighted by Crippen LogP contribution is 2.17. The third kappa shape index (κ3) is 5.93. The zero-order valence-electron chi connectivity index (χ0n) is 14.7. The molecule has 0 unspecified atom stereocenters. The van der Waals surface area contributed by atoms with Gasteiger partial charge in [0.25, 0.3) is 0 Å². The van der Waals surface area contributed by atoms with Crippen LogP contribution >= 0.6 is 11.8 Å². The second-order valence-electron chi connectivity index (χ2n) is 5.81. The highest BCUT2D eigenvalue weighted by Gasteiger charge is 2.17. The number of carbonyl (C=O) groups excluding carboxylic acids is 1. The lowest BCUT2D eigenvalue weighted by atomic mass is 10.2. The monoisotopic (exact) mass is 353 g/mol. The predicted molar refractivity (Wildman–Crippen MR) is 104 cm³/mol. The van der Waals surface area contributed by atoms with Gasteiger partial charge in [0, 0.05) is 23.7 Å². The Morgan fingerprint density at radius 3 is 2.40 bits per heavy atom. The Bertz CT molecular complexity index is 710. The van der Waals surface area contributed by atoms with Gasteiger partial charge in [0.1, 0.15) is 0 Å². The molecule has 2 aromatic carbocycles. The molecule has 4 nitrogen and oxygen atoms in total. The number of thioether (sulfide) groups is 1. The van der Waals surface area contributed by atoms with Gasteiger partial charge in [-0.1, -0.05) is 30.3 Å². The summed E-state index contributed by atoms with van der Waals surface area (Å²) in [5.41, 5.74) is 2.01. The van der Waals surface area contributed by atoms with Crippen molar-refractivity contribution in [3.63, 3.8) is 0 Å². The second-order valence-corrected chi connectivity index (χ2v) is 6.69. The summed E-state index contributed by atoms with van der Waals surface area (Å²) >= 11 is 1.72. The van der Waals surface area contributed by atoms with E-state index < -0.39 is 0 Å². The molecule has 0 radical (unpaired) electrons. The standard InChI is InChI=1S/C20H23N3OS/c1-22(15-17-9-11-19(25-2)12-10-17)16-20(24)23(14-6-13-21)18-7-4-3-5-8-18/h3-5,7-12H,6,14-16H2,1-2H3. The Hall–Kier alpha value is -2.29. The lowest BCUT2D eigenvalue weighted by molar-refractivity contribution is -0.119. The average Bonchev–Trinajstić information content (AvgIpc) is 2.63. The summed E-state index contributed by atoms with van der Waals surface area (Å²) in [5, 5.41) is 8.86. The minimum atomic E-state index is 0.00434. The van der Waals surface area contributed by atoms with Crippen LogP contribution in [-0.4, -0.2) is 37.2 Å². The van der Waals surface area contributed by atoms with E-state index in [0.29, 0.717) is 26.1 Å². The van der Waals surface area contributed by atoms with Crippen molar-refractivity contribution in [2.24, 2.45) is 0 Å². The molecule has 130 valence electrons. The van der Waals surface area contributed by atoms with Crippen LogP contribution in [-0.2, 0) is 11.3 Å². The van der Waals surface area contributed by atoms with Crippen LogP contribution in [0.15, 0.2) is 59.5 Å². The van der Waals surface area contributed by atoms with E-state index in [-0.39, 0.29) is 5.91 Å². The van der Waals surface area contributed by atoms with Crippen LogP contribution in [0.4, 0.5) is 5.69 Å². The molecular weight excluding hydrogens is 330 g/mol. The van der Waals surface area contributed by atoms with Gasteiger partial charge < -0.3 is 4.90 Å². The topological polar surface area (TPSA) is 47.3 Å². The number of nitriles is 1. The molecule has 2 rings (SSSR count). The fraction of sp³-hybridized carbons (Fsp3) is 0.300. The molecule has 0 aliphatic heterocycles. The molecule has 0 saturated carbocycles. The number of hydrogen-bond donors (Lipinski definition) is 0. The zero-order chi connectivity index (χ0) is 18.1. The van der Waals surface area contributed by atoms with Crippen molar-refractivity contribution >= 4 is 23.4 Å². The lowest BCUT2D eigenvalue weighted by Crippen LogP contribution is -2.39. The molecule has 0 spiro atoms. The maximum atomic E-state index is 12.7. The first kappa shape index (κ1) is 19.0. The molecule has 0 fully saturated rings. The number of anilines is 1. The van der Waals surface area contributed by atoms with Gasteiger partial charge >= 0.3 is 0 Å². The largest absolute Gasteiger partial charge is 0.310 e. The quantitative estimate of drug-likeness (QED) is 0.678. The van der Waals surface area contributed by atoms with E-state index in [0.717, 1.165) is 5.69 Å². The first-order valence-corrected chi connectivity index (χ1v) is 9.40. The number of carbonyl (C=O) groups is 1. The zero-order valence-corrected chi connectivity index (χ0v) is 15.5. The highest BCUT2D eigenvalue weighted by molar-refractivity contribution is 7.98. The number of rotatable bonds is 8. The molecule has 0 aliphatic rings. The van der Waals surface area contributed by atoms with Gasteiger partial charge in [-0.15, -0.1) is 11.8 Å². The molecule has 0 bridgehead atoms. The van der Waals surface area contributed by atoms with Gasteiger partial charge in [-0.05, 0) is 43.1 Å². The molecule has 2 aromatic rings. The lowest BCUT2D eigenvalue weighted by Gasteiger charge is -2.25. The summed E-state index contributed by atoms with van der Waals surface area (Å²) < 4.78 is 0. The van der Waals surface area contributed by atoms with Gasteiger partial charge in [-0.2, -0.15) is 5.26 Å². The van der Waals surface area contributed by atoms with Gasteiger partial charge in [-0.3, -0.25) is 9.69 Å². The van der Waals surface area contributed by atoms with Crippen LogP contribution in [0.3, 0.4) is 0 Å². The van der Waals surface area contributed by atoms with Crippen molar-refractivity contribution < 1.29 is 4.79 Å².